The Labute approximate surface area is 137 Å². The summed E-state index contributed by atoms with van der Waals surface area (Å²) in [4.78, 5) is 4.69. The van der Waals surface area contributed by atoms with Crippen LogP contribution in [0.4, 0.5) is 0 Å². The Morgan fingerprint density at radius 2 is 2.26 bits per heavy atom. The number of benzene rings is 1. The Kier molecular flexibility index (Phi) is 5.62. The van der Waals surface area contributed by atoms with Gasteiger partial charge >= 0.3 is 0 Å². The molecule has 0 aliphatic rings. The van der Waals surface area contributed by atoms with E-state index in [1.54, 1.807) is 13.3 Å². The normalized spacial score (nSPS) is 12.5. The lowest BCUT2D eigenvalue weighted by Crippen LogP contribution is -2.13. The smallest absolute Gasteiger partial charge is 0.135 e. The number of rotatable bonds is 7. The van der Waals surface area contributed by atoms with Crippen molar-refractivity contribution in [3.05, 3.63) is 30.2 Å². The van der Waals surface area contributed by atoms with Crippen LogP contribution in [-0.4, -0.2) is 22.5 Å². The molecule has 0 saturated carbocycles. The fourth-order valence-corrected chi connectivity index (χ4v) is 2.25. The van der Waals surface area contributed by atoms with Crippen LogP contribution in [0.25, 0.3) is 17.1 Å². The minimum Gasteiger partial charge on any atom is -0.497 e. The van der Waals surface area contributed by atoms with Crippen LogP contribution in [0.3, 0.4) is 0 Å². The number of hydrazone groups is 1. The molecule has 0 spiro atoms. The summed E-state index contributed by atoms with van der Waals surface area (Å²) in [6, 6.07) is 5.95. The SMILES string of the molecule is CC/C(N)=N\N/C=C/c1nc2cc(OC)ccc2n1CC(C)C. The Balaban J connectivity index is 2.34. The third kappa shape index (κ3) is 4.25. The summed E-state index contributed by atoms with van der Waals surface area (Å²) in [7, 11) is 1.66. The summed E-state index contributed by atoms with van der Waals surface area (Å²) in [6.45, 7) is 7.23. The molecular weight excluding hydrogens is 290 g/mol. The summed E-state index contributed by atoms with van der Waals surface area (Å²) < 4.78 is 7.48. The molecule has 124 valence electrons. The van der Waals surface area contributed by atoms with Crippen LogP contribution in [0.2, 0.25) is 0 Å². The molecule has 0 saturated heterocycles. The number of nitrogens with two attached hydrogens (primary N) is 1. The average Bonchev–Trinajstić information content (AvgIpc) is 2.87. The highest BCUT2D eigenvalue weighted by Crippen LogP contribution is 2.23. The number of ether oxygens (including phenoxy) is 1. The van der Waals surface area contributed by atoms with Crippen molar-refractivity contribution < 1.29 is 4.74 Å². The highest BCUT2D eigenvalue weighted by molar-refractivity contribution is 5.80. The summed E-state index contributed by atoms with van der Waals surface area (Å²) >= 11 is 0. The monoisotopic (exact) mass is 315 g/mol. The molecule has 0 atom stereocenters. The first kappa shape index (κ1) is 16.9. The standard InChI is InChI=1S/C17H25N5O/c1-5-16(18)21-19-9-8-17-20-14-10-13(23-4)6-7-15(14)22(17)11-12(2)3/h6-10,12,19H,5,11H2,1-4H3,(H2,18,21)/b9-8+. The highest BCUT2D eigenvalue weighted by Gasteiger charge is 2.10. The van der Waals surface area contributed by atoms with Gasteiger partial charge in [-0.15, -0.1) is 0 Å². The van der Waals surface area contributed by atoms with E-state index >= 15 is 0 Å². The predicted octanol–water partition coefficient (Wildman–Crippen LogP) is 2.94. The molecule has 0 bridgehead atoms. The number of amidine groups is 1. The molecule has 0 radical (unpaired) electrons. The molecule has 6 nitrogen and oxygen atoms in total. The van der Waals surface area contributed by atoms with Crippen LogP contribution >= 0.6 is 0 Å². The van der Waals surface area contributed by atoms with Crippen molar-refractivity contribution in [3.8, 4) is 5.75 Å². The molecule has 2 rings (SSSR count). The van der Waals surface area contributed by atoms with E-state index in [0.29, 0.717) is 18.2 Å². The third-order valence-electron chi connectivity index (χ3n) is 3.41. The van der Waals surface area contributed by atoms with Crippen molar-refractivity contribution in [2.75, 3.05) is 7.11 Å². The fraction of sp³-hybridized carbons (Fsp3) is 0.412. The lowest BCUT2D eigenvalue weighted by molar-refractivity contribution is 0.415. The molecule has 1 aromatic carbocycles. The number of aromatic nitrogens is 2. The molecule has 6 heteroatoms. The molecule has 0 fully saturated rings. The van der Waals surface area contributed by atoms with Crippen LogP contribution in [0.1, 0.15) is 33.0 Å². The van der Waals surface area contributed by atoms with Gasteiger partial charge in [0.2, 0.25) is 0 Å². The van der Waals surface area contributed by atoms with E-state index in [2.05, 4.69) is 33.9 Å². The number of imidazole rings is 1. The first-order chi connectivity index (χ1) is 11.0. The minimum atomic E-state index is 0.517. The Bertz CT molecular complexity index is 715. The van der Waals surface area contributed by atoms with Crippen LogP contribution in [0.15, 0.2) is 29.5 Å². The van der Waals surface area contributed by atoms with Crippen LogP contribution in [-0.2, 0) is 6.54 Å². The van der Waals surface area contributed by atoms with Crippen LogP contribution in [0, 0.1) is 5.92 Å². The van der Waals surface area contributed by atoms with E-state index in [1.165, 1.54) is 0 Å². The number of fused-ring (bicyclic) bond motifs is 1. The molecule has 1 aromatic heterocycles. The Morgan fingerprint density at radius 3 is 2.91 bits per heavy atom. The molecule has 1 heterocycles. The van der Waals surface area contributed by atoms with Crippen molar-refractivity contribution in [1.29, 1.82) is 0 Å². The zero-order valence-electron chi connectivity index (χ0n) is 14.2. The predicted molar refractivity (Wildman–Crippen MR) is 95.2 cm³/mol. The number of nitrogens with one attached hydrogen (secondary N) is 1. The van der Waals surface area contributed by atoms with Gasteiger partial charge in [0.05, 0.1) is 18.1 Å². The summed E-state index contributed by atoms with van der Waals surface area (Å²) in [5.74, 6) is 2.76. The molecule has 0 aliphatic heterocycles. The maximum Gasteiger partial charge on any atom is 0.135 e. The van der Waals surface area contributed by atoms with E-state index < -0.39 is 0 Å². The van der Waals surface area contributed by atoms with Gasteiger partial charge < -0.3 is 15.0 Å². The van der Waals surface area contributed by atoms with Crippen molar-refractivity contribution in [1.82, 2.24) is 15.0 Å². The van der Waals surface area contributed by atoms with Gasteiger partial charge in [0.25, 0.3) is 0 Å². The highest BCUT2D eigenvalue weighted by atomic mass is 16.5. The third-order valence-corrected chi connectivity index (χ3v) is 3.41. The van der Waals surface area contributed by atoms with Gasteiger partial charge in [0.1, 0.15) is 17.4 Å². The van der Waals surface area contributed by atoms with Crippen molar-refractivity contribution in [2.24, 2.45) is 16.8 Å². The number of hydrogen-bond donors (Lipinski definition) is 2. The van der Waals surface area contributed by atoms with E-state index in [4.69, 9.17) is 10.5 Å². The molecule has 2 aromatic rings. The topological polar surface area (TPSA) is 77.5 Å². The van der Waals surface area contributed by atoms with Crippen molar-refractivity contribution >= 4 is 22.9 Å². The molecule has 23 heavy (non-hydrogen) atoms. The first-order valence-corrected chi connectivity index (χ1v) is 7.83. The second-order valence-corrected chi connectivity index (χ2v) is 5.75. The van der Waals surface area contributed by atoms with Gasteiger partial charge in [-0.1, -0.05) is 20.8 Å². The van der Waals surface area contributed by atoms with Crippen molar-refractivity contribution in [2.45, 2.75) is 33.7 Å². The van der Waals surface area contributed by atoms with Gasteiger partial charge in [-0.2, -0.15) is 5.10 Å². The number of methoxy groups -OCH3 is 1. The van der Waals surface area contributed by atoms with Gasteiger partial charge in [-0.25, -0.2) is 4.98 Å². The van der Waals surface area contributed by atoms with E-state index in [1.807, 2.05) is 31.2 Å². The Morgan fingerprint density at radius 1 is 1.48 bits per heavy atom. The molecular formula is C17H25N5O. The zero-order valence-corrected chi connectivity index (χ0v) is 14.2. The number of nitrogens with zero attached hydrogens (tertiary/aromatic N) is 3. The van der Waals surface area contributed by atoms with Crippen molar-refractivity contribution in [3.63, 3.8) is 0 Å². The zero-order chi connectivity index (χ0) is 16.8. The largest absolute Gasteiger partial charge is 0.497 e. The van der Waals surface area contributed by atoms with Gasteiger partial charge in [0.15, 0.2) is 0 Å². The van der Waals surface area contributed by atoms with E-state index in [0.717, 1.165) is 29.2 Å². The maximum atomic E-state index is 5.66. The molecule has 0 unspecified atom stereocenters. The molecule has 3 N–H and O–H groups in total. The fourth-order valence-electron chi connectivity index (χ4n) is 2.25. The second-order valence-electron chi connectivity index (χ2n) is 5.75. The van der Waals surface area contributed by atoms with Gasteiger partial charge in [-0.05, 0) is 24.1 Å². The number of hydrogen-bond acceptors (Lipinski definition) is 4. The van der Waals surface area contributed by atoms with E-state index in [9.17, 15) is 0 Å². The lowest BCUT2D eigenvalue weighted by atomic mass is 10.2. The molecule has 0 aliphatic carbocycles. The lowest BCUT2D eigenvalue weighted by Gasteiger charge is -2.10. The van der Waals surface area contributed by atoms with Gasteiger partial charge in [-0.3, -0.25) is 5.43 Å². The molecule has 0 amide bonds. The van der Waals surface area contributed by atoms with Crippen LogP contribution < -0.4 is 15.9 Å². The van der Waals surface area contributed by atoms with E-state index in [-0.39, 0.29) is 0 Å². The Hall–Kier alpha value is -2.50. The quantitative estimate of drug-likeness (QED) is 0.468. The van der Waals surface area contributed by atoms with Gasteiger partial charge in [0, 0.05) is 25.2 Å². The maximum absolute atomic E-state index is 5.66. The average molecular weight is 315 g/mol. The summed E-state index contributed by atoms with van der Waals surface area (Å²) in [6.07, 6.45) is 4.37. The van der Waals surface area contributed by atoms with Crippen LogP contribution in [0.5, 0.6) is 5.75 Å². The summed E-state index contributed by atoms with van der Waals surface area (Å²) in [5.41, 5.74) is 10.5. The first-order valence-electron chi connectivity index (χ1n) is 7.83. The minimum absolute atomic E-state index is 0.517. The second kappa shape index (κ2) is 7.67. The summed E-state index contributed by atoms with van der Waals surface area (Å²) in [5, 5.41) is 4.03.